The van der Waals surface area contributed by atoms with E-state index < -0.39 is 5.72 Å². The van der Waals surface area contributed by atoms with Crippen molar-refractivity contribution in [3.05, 3.63) is 35.4 Å². The molecule has 0 spiro atoms. The van der Waals surface area contributed by atoms with Gasteiger partial charge >= 0.3 is 0 Å². The van der Waals surface area contributed by atoms with Crippen LogP contribution in [0.25, 0.3) is 0 Å². The smallest absolute Gasteiger partial charge is 0.275 e. The summed E-state index contributed by atoms with van der Waals surface area (Å²) >= 11 is 0. The fraction of sp³-hybridized carbons (Fsp3) is 0.632. The Balaban J connectivity index is 1.63. The molecule has 1 aliphatic carbocycles. The number of nitrogens with zero attached hydrogens (tertiary/aromatic N) is 1. The number of hydrogen-bond acceptors (Lipinski definition) is 3. The van der Waals surface area contributed by atoms with E-state index >= 15 is 0 Å². The van der Waals surface area contributed by atoms with E-state index in [4.69, 9.17) is 0 Å². The van der Waals surface area contributed by atoms with Crippen LogP contribution < -0.4 is 10.4 Å². The fourth-order valence-corrected chi connectivity index (χ4v) is 4.94. The third-order valence-electron chi connectivity index (χ3n) is 6.23. The highest BCUT2D eigenvalue weighted by Gasteiger charge is 2.66. The molecule has 0 bridgehead atoms. The first-order valence-corrected chi connectivity index (χ1v) is 9.22. The monoisotopic (exact) mass is 330 g/mol. The topological polar surface area (TPSA) is 57.0 Å². The van der Waals surface area contributed by atoms with Gasteiger partial charge in [-0.3, -0.25) is 4.79 Å². The van der Waals surface area contributed by atoms with Crippen molar-refractivity contribution in [2.45, 2.75) is 56.8 Å². The number of rotatable bonds is 2. The number of amides is 1. The van der Waals surface area contributed by atoms with Crippen molar-refractivity contribution in [2.75, 3.05) is 13.6 Å². The third kappa shape index (κ3) is 2.38. The van der Waals surface area contributed by atoms with E-state index in [0.29, 0.717) is 12.6 Å². The lowest BCUT2D eigenvalue weighted by molar-refractivity contribution is -0.948. The minimum Gasteiger partial charge on any atom is -0.363 e. The van der Waals surface area contributed by atoms with Gasteiger partial charge in [0, 0.05) is 18.2 Å². The predicted octanol–water partition coefficient (Wildman–Crippen LogP) is 0.549. The van der Waals surface area contributed by atoms with Crippen LogP contribution in [0, 0.1) is 12.8 Å². The van der Waals surface area contributed by atoms with Crippen LogP contribution in [0.1, 0.15) is 49.3 Å². The van der Waals surface area contributed by atoms with Crippen molar-refractivity contribution in [1.29, 1.82) is 0 Å². The molecule has 1 amide bonds. The second-order valence-electron chi connectivity index (χ2n) is 7.82. The molecule has 1 saturated carbocycles. The van der Waals surface area contributed by atoms with E-state index in [1.807, 2.05) is 11.9 Å². The average Bonchev–Trinajstić information content (AvgIpc) is 2.98. The Hall–Kier alpha value is -1.43. The van der Waals surface area contributed by atoms with Gasteiger partial charge in [0.1, 0.15) is 6.04 Å². The Kier molecular flexibility index (Phi) is 3.90. The van der Waals surface area contributed by atoms with Gasteiger partial charge in [-0.25, -0.2) is 5.01 Å². The van der Waals surface area contributed by atoms with Crippen LogP contribution in [0.3, 0.4) is 0 Å². The molecule has 3 fully saturated rings. The summed E-state index contributed by atoms with van der Waals surface area (Å²) in [6.07, 6.45) is 5.80. The van der Waals surface area contributed by atoms with Crippen LogP contribution in [0.5, 0.6) is 0 Å². The maximum atomic E-state index is 13.0. The maximum Gasteiger partial charge on any atom is 0.275 e. The second-order valence-corrected chi connectivity index (χ2v) is 7.82. The molecule has 2 aliphatic heterocycles. The van der Waals surface area contributed by atoms with Gasteiger partial charge in [0.25, 0.3) is 11.6 Å². The molecule has 5 heteroatoms. The molecule has 24 heavy (non-hydrogen) atoms. The summed E-state index contributed by atoms with van der Waals surface area (Å²) in [6, 6.07) is 8.87. The molecular weight excluding hydrogens is 302 g/mol. The van der Waals surface area contributed by atoms with Crippen molar-refractivity contribution >= 4 is 5.91 Å². The molecule has 1 aromatic rings. The summed E-state index contributed by atoms with van der Waals surface area (Å²) in [5.74, 6) is -0.219. The lowest BCUT2D eigenvalue weighted by atomic mass is 9.88. The Morgan fingerprint density at radius 1 is 1.21 bits per heavy atom. The lowest BCUT2D eigenvalue weighted by Crippen LogP contribution is -3.15. The zero-order valence-electron chi connectivity index (χ0n) is 14.6. The van der Waals surface area contributed by atoms with Gasteiger partial charge in [0.15, 0.2) is 0 Å². The van der Waals surface area contributed by atoms with E-state index in [9.17, 15) is 9.90 Å². The van der Waals surface area contributed by atoms with Crippen molar-refractivity contribution in [3.8, 4) is 0 Å². The van der Waals surface area contributed by atoms with Crippen LogP contribution in [-0.2, 0) is 4.79 Å². The number of quaternary nitrogens is 1. The van der Waals surface area contributed by atoms with Crippen LogP contribution in [0.2, 0.25) is 0 Å². The number of nitrogens with one attached hydrogen (secondary N) is 2. The molecule has 0 radical (unpaired) electrons. The molecular formula is C19H28N3O2+. The number of aryl methyl sites for hydroxylation is 1. The minimum atomic E-state index is -1.42. The zero-order chi connectivity index (χ0) is 16.9. The van der Waals surface area contributed by atoms with Crippen molar-refractivity contribution in [3.63, 3.8) is 0 Å². The molecule has 2 heterocycles. The SMILES string of the molecule is Cc1ccc([C@@H]2[C@H]3CN(C4CCCCC4)C(=O)[C@]3(O)N[NH+]2C)cc1. The highest BCUT2D eigenvalue weighted by atomic mass is 16.3. The molecule has 3 N–H and O–H groups in total. The zero-order valence-corrected chi connectivity index (χ0v) is 14.6. The number of benzene rings is 1. The van der Waals surface area contributed by atoms with Crippen LogP contribution >= 0.6 is 0 Å². The Labute approximate surface area is 143 Å². The van der Waals surface area contributed by atoms with Gasteiger partial charge in [-0.15, -0.1) is 5.43 Å². The average molecular weight is 330 g/mol. The highest BCUT2D eigenvalue weighted by molar-refractivity contribution is 5.88. The van der Waals surface area contributed by atoms with E-state index in [0.717, 1.165) is 17.9 Å². The predicted molar refractivity (Wildman–Crippen MR) is 91.0 cm³/mol. The lowest BCUT2D eigenvalue weighted by Gasteiger charge is -2.33. The van der Waals surface area contributed by atoms with E-state index in [1.54, 1.807) is 0 Å². The Morgan fingerprint density at radius 2 is 1.88 bits per heavy atom. The number of likely N-dealkylation sites (tertiary alicyclic amines) is 1. The molecule has 0 aromatic heterocycles. The molecule has 4 rings (SSSR count). The van der Waals surface area contributed by atoms with E-state index in [2.05, 4.69) is 36.6 Å². The number of hydrogen-bond donors (Lipinski definition) is 3. The summed E-state index contributed by atoms with van der Waals surface area (Å²) < 4.78 is 0. The number of carbonyl (C=O) groups is 1. The largest absolute Gasteiger partial charge is 0.363 e. The molecule has 2 saturated heterocycles. The van der Waals surface area contributed by atoms with Crippen LogP contribution in [-0.4, -0.2) is 41.3 Å². The van der Waals surface area contributed by atoms with Crippen LogP contribution in [0.4, 0.5) is 0 Å². The molecule has 130 valence electrons. The summed E-state index contributed by atoms with van der Waals surface area (Å²) in [5, 5.41) is 12.1. The first-order valence-electron chi connectivity index (χ1n) is 9.22. The summed E-state index contributed by atoms with van der Waals surface area (Å²) in [7, 11) is 2.00. The molecule has 5 nitrogen and oxygen atoms in total. The number of fused-ring (bicyclic) bond motifs is 1. The molecule has 3 aliphatic rings. The molecule has 1 unspecified atom stereocenters. The standard InChI is InChI=1S/C19H27N3O2/c1-13-8-10-14(11-9-13)17-16-12-22(15-6-4-3-5-7-15)18(23)19(16,24)20-21(17)2/h8-11,15-17,20,24H,3-7,12H2,1-2H3/p+1/t16-,17-,19+/m1/s1. The first kappa shape index (κ1) is 16.1. The third-order valence-corrected chi connectivity index (χ3v) is 6.23. The van der Waals surface area contributed by atoms with Gasteiger partial charge in [0.2, 0.25) is 0 Å². The van der Waals surface area contributed by atoms with Crippen molar-refractivity contribution < 1.29 is 14.9 Å². The van der Waals surface area contributed by atoms with Gasteiger partial charge < -0.3 is 10.0 Å². The normalized spacial score (nSPS) is 37.0. The maximum absolute atomic E-state index is 13.0. The van der Waals surface area contributed by atoms with Gasteiger partial charge in [-0.1, -0.05) is 49.1 Å². The first-order chi connectivity index (χ1) is 11.5. The van der Waals surface area contributed by atoms with Crippen molar-refractivity contribution in [2.24, 2.45) is 5.92 Å². The number of aliphatic hydroxyl groups is 1. The van der Waals surface area contributed by atoms with Crippen molar-refractivity contribution in [1.82, 2.24) is 10.3 Å². The molecule has 1 aromatic carbocycles. The quantitative estimate of drug-likeness (QED) is 0.742. The highest BCUT2D eigenvalue weighted by Crippen LogP contribution is 2.40. The summed E-state index contributed by atoms with van der Waals surface area (Å²) in [4.78, 5) is 14.9. The minimum absolute atomic E-state index is 0.0909. The van der Waals surface area contributed by atoms with Gasteiger partial charge in [-0.05, 0) is 19.8 Å². The van der Waals surface area contributed by atoms with Crippen LogP contribution in [0.15, 0.2) is 24.3 Å². The Morgan fingerprint density at radius 3 is 2.54 bits per heavy atom. The Bertz CT molecular complexity index is 626. The van der Waals surface area contributed by atoms with Gasteiger partial charge in [0.05, 0.1) is 13.0 Å². The summed E-state index contributed by atoms with van der Waals surface area (Å²) in [5.41, 5.74) is 4.15. The van der Waals surface area contributed by atoms with Gasteiger partial charge in [-0.2, -0.15) is 0 Å². The second kappa shape index (κ2) is 5.83. The fourth-order valence-electron chi connectivity index (χ4n) is 4.94. The van der Waals surface area contributed by atoms with E-state index in [-0.39, 0.29) is 17.9 Å². The molecule has 4 atom stereocenters. The summed E-state index contributed by atoms with van der Waals surface area (Å²) in [6.45, 7) is 2.73. The van der Waals surface area contributed by atoms with E-state index in [1.165, 1.54) is 30.4 Å². The number of carbonyl (C=O) groups excluding carboxylic acids is 1.